The van der Waals surface area contributed by atoms with E-state index in [0.29, 0.717) is 5.56 Å². The third-order valence-electron chi connectivity index (χ3n) is 4.79. The second kappa shape index (κ2) is 8.27. The third-order valence-corrected chi connectivity index (χ3v) is 4.79. The Hall–Kier alpha value is -2.79. The van der Waals surface area contributed by atoms with E-state index >= 15 is 0 Å². The third kappa shape index (κ3) is 4.49. The van der Waals surface area contributed by atoms with Crippen molar-refractivity contribution in [2.24, 2.45) is 0 Å². The summed E-state index contributed by atoms with van der Waals surface area (Å²) in [4.78, 5) is 12.3. The average Bonchev–Trinajstić information content (AvgIpc) is 2.67. The predicted octanol–water partition coefficient (Wildman–Crippen LogP) is 3.62. The molecule has 3 aromatic carbocycles. The van der Waals surface area contributed by atoms with Crippen LogP contribution in [0.4, 0.5) is 8.78 Å². The molecule has 0 saturated heterocycles. The minimum Gasteiger partial charge on any atom is -0.345 e. The molecule has 0 bridgehead atoms. The van der Waals surface area contributed by atoms with E-state index in [2.05, 4.69) is 5.32 Å². The van der Waals surface area contributed by atoms with Gasteiger partial charge in [0, 0.05) is 5.56 Å². The van der Waals surface area contributed by atoms with Crippen molar-refractivity contribution in [3.05, 3.63) is 83.4 Å². The van der Waals surface area contributed by atoms with Crippen LogP contribution in [0, 0.1) is 11.6 Å². The zero-order chi connectivity index (χ0) is 19.4. The number of halogens is 2. The lowest BCUT2D eigenvalue weighted by Gasteiger charge is -2.17. The number of quaternary nitrogens is 1. The minimum atomic E-state index is -0.873. The summed E-state index contributed by atoms with van der Waals surface area (Å²) >= 11 is 0. The normalized spacial score (nSPS) is 13.3. The summed E-state index contributed by atoms with van der Waals surface area (Å²) in [7, 11) is 0. The molecule has 0 aliphatic rings. The van der Waals surface area contributed by atoms with Crippen LogP contribution in [-0.4, -0.2) is 12.5 Å². The lowest BCUT2D eigenvalue weighted by atomic mass is 10.00. The van der Waals surface area contributed by atoms with Gasteiger partial charge in [0.05, 0.1) is 6.04 Å². The molecule has 0 heterocycles. The van der Waals surface area contributed by atoms with Crippen LogP contribution in [0.15, 0.2) is 60.7 Å². The SMILES string of the molecule is C[C@H](NC(=O)C[NH2+][C@H](C)c1ccc(F)c(F)c1)c1cccc2ccccc12. The highest BCUT2D eigenvalue weighted by atomic mass is 19.2. The van der Waals surface area contributed by atoms with Gasteiger partial charge in [-0.2, -0.15) is 0 Å². The van der Waals surface area contributed by atoms with E-state index in [1.807, 2.05) is 56.3 Å². The van der Waals surface area contributed by atoms with Crippen LogP contribution in [0.1, 0.15) is 37.1 Å². The Kier molecular flexibility index (Phi) is 5.81. The van der Waals surface area contributed by atoms with Crippen LogP contribution in [0.3, 0.4) is 0 Å². The molecule has 0 aromatic heterocycles. The van der Waals surface area contributed by atoms with Crippen molar-refractivity contribution < 1.29 is 18.9 Å². The van der Waals surface area contributed by atoms with E-state index in [1.165, 1.54) is 12.1 Å². The molecule has 0 saturated carbocycles. The highest BCUT2D eigenvalue weighted by Gasteiger charge is 2.16. The van der Waals surface area contributed by atoms with Crippen LogP contribution in [0.2, 0.25) is 0 Å². The molecule has 0 aliphatic carbocycles. The van der Waals surface area contributed by atoms with Crippen molar-refractivity contribution in [3.63, 3.8) is 0 Å². The fourth-order valence-corrected chi connectivity index (χ4v) is 3.22. The molecule has 1 amide bonds. The Labute approximate surface area is 157 Å². The van der Waals surface area contributed by atoms with E-state index in [-0.39, 0.29) is 24.5 Å². The molecule has 140 valence electrons. The van der Waals surface area contributed by atoms with E-state index in [9.17, 15) is 13.6 Å². The monoisotopic (exact) mass is 369 g/mol. The van der Waals surface area contributed by atoms with Crippen LogP contribution < -0.4 is 10.6 Å². The number of benzene rings is 3. The smallest absolute Gasteiger partial charge is 0.275 e. The van der Waals surface area contributed by atoms with Gasteiger partial charge in [0.25, 0.3) is 5.91 Å². The number of amides is 1. The van der Waals surface area contributed by atoms with Gasteiger partial charge in [0.1, 0.15) is 6.04 Å². The summed E-state index contributed by atoms with van der Waals surface area (Å²) in [5, 5.41) is 7.07. The van der Waals surface area contributed by atoms with E-state index in [0.717, 1.165) is 22.4 Å². The van der Waals surface area contributed by atoms with Crippen molar-refractivity contribution in [2.45, 2.75) is 25.9 Å². The second-order valence-electron chi connectivity index (χ2n) is 6.76. The molecule has 3 rings (SSSR count). The van der Waals surface area contributed by atoms with Crippen LogP contribution in [-0.2, 0) is 4.79 Å². The van der Waals surface area contributed by atoms with E-state index < -0.39 is 11.6 Å². The first-order valence-electron chi connectivity index (χ1n) is 9.01. The quantitative estimate of drug-likeness (QED) is 0.685. The molecule has 0 aliphatic heterocycles. The van der Waals surface area contributed by atoms with Crippen LogP contribution >= 0.6 is 0 Å². The number of hydrogen-bond donors (Lipinski definition) is 2. The molecule has 0 radical (unpaired) electrons. The molecule has 5 heteroatoms. The standard InChI is InChI=1S/C22H22F2N2O/c1-14(17-10-11-20(23)21(24)12-17)25-13-22(27)26-15(2)18-9-5-7-16-6-3-4-8-19(16)18/h3-12,14-15,25H,13H2,1-2H3,(H,26,27)/p+1/t14-,15+/m1/s1. The van der Waals surface area contributed by atoms with E-state index in [4.69, 9.17) is 0 Å². The molecule has 0 spiro atoms. The highest BCUT2D eigenvalue weighted by molar-refractivity contribution is 5.87. The summed E-state index contributed by atoms with van der Waals surface area (Å²) in [6.07, 6.45) is 0. The second-order valence-corrected chi connectivity index (χ2v) is 6.76. The Morgan fingerprint density at radius 1 is 1.00 bits per heavy atom. The molecule has 2 atom stereocenters. The number of carbonyl (C=O) groups excluding carboxylic acids is 1. The number of rotatable bonds is 6. The van der Waals surface area contributed by atoms with E-state index in [1.54, 1.807) is 5.32 Å². The molecule has 27 heavy (non-hydrogen) atoms. The van der Waals surface area contributed by atoms with Crippen molar-refractivity contribution in [3.8, 4) is 0 Å². The summed E-state index contributed by atoms with van der Waals surface area (Å²) in [5.41, 5.74) is 1.71. The topological polar surface area (TPSA) is 45.7 Å². The Bertz CT molecular complexity index is 953. The van der Waals surface area contributed by atoms with Crippen molar-refractivity contribution >= 4 is 16.7 Å². The first-order chi connectivity index (χ1) is 13.0. The first-order valence-corrected chi connectivity index (χ1v) is 9.01. The first kappa shape index (κ1) is 19.0. The average molecular weight is 369 g/mol. The van der Waals surface area contributed by atoms with Crippen molar-refractivity contribution in [1.82, 2.24) is 5.32 Å². The predicted molar refractivity (Wildman–Crippen MR) is 102 cm³/mol. The maximum atomic E-state index is 13.4. The van der Waals surface area contributed by atoms with Gasteiger partial charge in [-0.1, -0.05) is 42.5 Å². The summed E-state index contributed by atoms with van der Waals surface area (Å²) in [6.45, 7) is 4.02. The minimum absolute atomic E-state index is 0.107. The Balaban J connectivity index is 1.60. The molecule has 3 nitrogen and oxygen atoms in total. The van der Waals surface area contributed by atoms with Gasteiger partial charge in [0.15, 0.2) is 18.2 Å². The van der Waals surface area contributed by atoms with Crippen molar-refractivity contribution in [2.75, 3.05) is 6.54 Å². The largest absolute Gasteiger partial charge is 0.345 e. The molecular weight excluding hydrogens is 346 g/mol. The zero-order valence-electron chi connectivity index (χ0n) is 15.4. The number of nitrogens with two attached hydrogens (primary N) is 1. The van der Waals surface area contributed by atoms with Crippen molar-refractivity contribution in [1.29, 1.82) is 0 Å². The van der Waals surface area contributed by atoms with Crippen LogP contribution in [0.25, 0.3) is 10.8 Å². The van der Waals surface area contributed by atoms with Gasteiger partial charge in [-0.05, 0) is 48.4 Å². The van der Waals surface area contributed by atoms with Crippen LogP contribution in [0.5, 0.6) is 0 Å². The molecular formula is C22H23F2N2O+. The number of nitrogens with one attached hydrogen (secondary N) is 1. The maximum absolute atomic E-state index is 13.4. The highest BCUT2D eigenvalue weighted by Crippen LogP contribution is 2.23. The van der Waals surface area contributed by atoms with Gasteiger partial charge in [0.2, 0.25) is 0 Å². The van der Waals surface area contributed by atoms with Gasteiger partial charge in [-0.3, -0.25) is 4.79 Å². The Morgan fingerprint density at radius 2 is 1.74 bits per heavy atom. The fourth-order valence-electron chi connectivity index (χ4n) is 3.22. The van der Waals surface area contributed by atoms with Gasteiger partial charge in [-0.25, -0.2) is 8.78 Å². The van der Waals surface area contributed by atoms with Gasteiger partial charge >= 0.3 is 0 Å². The maximum Gasteiger partial charge on any atom is 0.275 e. The summed E-state index contributed by atoms with van der Waals surface area (Å²) in [5.74, 6) is -1.85. The number of fused-ring (bicyclic) bond motifs is 1. The molecule has 0 unspecified atom stereocenters. The molecule has 3 N–H and O–H groups in total. The number of hydrogen-bond acceptors (Lipinski definition) is 1. The molecule has 0 fully saturated rings. The number of carbonyl (C=O) groups is 1. The lowest BCUT2D eigenvalue weighted by Crippen LogP contribution is -2.87. The Morgan fingerprint density at radius 3 is 2.52 bits per heavy atom. The van der Waals surface area contributed by atoms with Gasteiger partial charge < -0.3 is 10.6 Å². The summed E-state index contributed by atoms with van der Waals surface area (Å²) in [6, 6.07) is 17.6. The molecule has 3 aromatic rings. The fraction of sp³-hybridized carbons (Fsp3) is 0.227. The lowest BCUT2D eigenvalue weighted by molar-refractivity contribution is -0.682. The van der Waals surface area contributed by atoms with Gasteiger partial charge in [-0.15, -0.1) is 0 Å². The zero-order valence-corrected chi connectivity index (χ0v) is 15.4. The summed E-state index contributed by atoms with van der Waals surface area (Å²) < 4.78 is 26.4.